The second-order valence-corrected chi connectivity index (χ2v) is 5.97. The summed E-state index contributed by atoms with van der Waals surface area (Å²) in [5, 5.41) is 3.42. The van der Waals surface area contributed by atoms with Gasteiger partial charge in [-0.1, -0.05) is 12.1 Å². The molecule has 22 heavy (non-hydrogen) atoms. The number of rotatable bonds is 6. The van der Waals surface area contributed by atoms with Crippen LogP contribution in [0.15, 0.2) is 36.4 Å². The maximum atomic E-state index is 5.18. The van der Waals surface area contributed by atoms with Crippen LogP contribution in [0.25, 0.3) is 0 Å². The number of methoxy groups -OCH3 is 1. The highest BCUT2D eigenvalue weighted by atomic mass is 16.5. The van der Waals surface area contributed by atoms with Gasteiger partial charge in [-0.05, 0) is 42.7 Å². The van der Waals surface area contributed by atoms with Crippen molar-refractivity contribution in [3.8, 4) is 5.75 Å². The molecule has 4 heteroatoms. The number of benzene rings is 1. The molecule has 0 aliphatic heterocycles. The van der Waals surface area contributed by atoms with Gasteiger partial charge < -0.3 is 15.0 Å². The summed E-state index contributed by atoms with van der Waals surface area (Å²) in [4.78, 5) is 6.97. The Hall–Kier alpha value is -2.23. The Bertz CT molecular complexity index is 633. The summed E-state index contributed by atoms with van der Waals surface area (Å²) in [5.41, 5.74) is 3.68. The minimum Gasteiger partial charge on any atom is -0.497 e. The van der Waals surface area contributed by atoms with Crippen LogP contribution in [-0.2, 0) is 6.54 Å². The normalized spacial score (nSPS) is 13.8. The van der Waals surface area contributed by atoms with Crippen LogP contribution in [0.5, 0.6) is 5.75 Å². The van der Waals surface area contributed by atoms with Crippen molar-refractivity contribution in [1.29, 1.82) is 0 Å². The standard InChI is InChI=1S/C18H23N3O/c1-21(2)16-10-11-17(20-18(16)14-6-7-14)19-12-13-4-8-15(22-3)9-5-13/h4-5,8-11,14H,6-7,12H2,1-3H3,(H,19,20). The van der Waals surface area contributed by atoms with Crippen molar-refractivity contribution < 1.29 is 4.74 Å². The highest BCUT2D eigenvalue weighted by Crippen LogP contribution is 2.43. The van der Waals surface area contributed by atoms with Crippen LogP contribution in [0.1, 0.15) is 30.0 Å². The van der Waals surface area contributed by atoms with Gasteiger partial charge in [-0.25, -0.2) is 4.98 Å². The van der Waals surface area contributed by atoms with Gasteiger partial charge in [-0.3, -0.25) is 0 Å². The molecule has 0 atom stereocenters. The lowest BCUT2D eigenvalue weighted by atomic mass is 10.2. The molecule has 0 spiro atoms. The molecule has 1 aliphatic carbocycles. The molecule has 4 nitrogen and oxygen atoms in total. The summed E-state index contributed by atoms with van der Waals surface area (Å²) in [6.45, 7) is 0.766. The third-order valence-corrected chi connectivity index (χ3v) is 3.98. The number of pyridine rings is 1. The largest absolute Gasteiger partial charge is 0.497 e. The quantitative estimate of drug-likeness (QED) is 0.883. The minimum absolute atomic E-state index is 0.639. The molecule has 2 aromatic rings. The zero-order chi connectivity index (χ0) is 15.5. The van der Waals surface area contributed by atoms with E-state index in [1.807, 2.05) is 12.1 Å². The smallest absolute Gasteiger partial charge is 0.126 e. The van der Waals surface area contributed by atoms with E-state index in [-0.39, 0.29) is 0 Å². The number of nitrogens with zero attached hydrogens (tertiary/aromatic N) is 2. The molecule has 1 aromatic carbocycles. The van der Waals surface area contributed by atoms with Crippen molar-refractivity contribution in [1.82, 2.24) is 4.98 Å². The van der Waals surface area contributed by atoms with Crippen molar-refractivity contribution in [2.24, 2.45) is 0 Å². The zero-order valence-corrected chi connectivity index (χ0v) is 13.5. The number of nitrogens with one attached hydrogen (secondary N) is 1. The first kappa shape index (κ1) is 14.7. The van der Waals surface area contributed by atoms with E-state index in [1.54, 1.807) is 7.11 Å². The van der Waals surface area contributed by atoms with Crippen molar-refractivity contribution in [2.45, 2.75) is 25.3 Å². The molecule has 1 aromatic heterocycles. The predicted molar refractivity (Wildman–Crippen MR) is 90.9 cm³/mol. The van der Waals surface area contributed by atoms with Crippen LogP contribution in [0, 0.1) is 0 Å². The van der Waals surface area contributed by atoms with Crippen molar-refractivity contribution >= 4 is 11.5 Å². The topological polar surface area (TPSA) is 37.4 Å². The number of ether oxygens (including phenoxy) is 1. The third-order valence-electron chi connectivity index (χ3n) is 3.98. The van der Waals surface area contributed by atoms with Crippen LogP contribution >= 0.6 is 0 Å². The molecule has 0 saturated heterocycles. The fourth-order valence-corrected chi connectivity index (χ4v) is 2.54. The second-order valence-electron chi connectivity index (χ2n) is 5.97. The Morgan fingerprint density at radius 2 is 1.86 bits per heavy atom. The van der Waals surface area contributed by atoms with Gasteiger partial charge >= 0.3 is 0 Å². The molecule has 116 valence electrons. The van der Waals surface area contributed by atoms with Gasteiger partial charge in [-0.2, -0.15) is 0 Å². The van der Waals surface area contributed by atoms with E-state index in [4.69, 9.17) is 9.72 Å². The molecule has 1 heterocycles. The lowest BCUT2D eigenvalue weighted by Gasteiger charge is -2.18. The van der Waals surface area contributed by atoms with Crippen molar-refractivity contribution in [3.63, 3.8) is 0 Å². The maximum absolute atomic E-state index is 5.18. The minimum atomic E-state index is 0.639. The molecular formula is C18H23N3O. The number of hydrogen-bond acceptors (Lipinski definition) is 4. The Balaban J connectivity index is 1.70. The highest BCUT2D eigenvalue weighted by molar-refractivity contribution is 5.56. The fraction of sp³-hybridized carbons (Fsp3) is 0.389. The molecule has 0 radical (unpaired) electrons. The van der Waals surface area contributed by atoms with Crippen molar-refractivity contribution in [3.05, 3.63) is 47.7 Å². The summed E-state index contributed by atoms with van der Waals surface area (Å²) in [7, 11) is 5.84. The monoisotopic (exact) mass is 297 g/mol. The van der Waals surface area contributed by atoms with Gasteiger partial charge in [0, 0.05) is 26.6 Å². The average Bonchev–Trinajstić information content (AvgIpc) is 3.38. The van der Waals surface area contributed by atoms with Gasteiger partial charge in [0.2, 0.25) is 0 Å². The predicted octanol–water partition coefficient (Wildman–Crippen LogP) is 3.65. The van der Waals surface area contributed by atoms with E-state index < -0.39 is 0 Å². The van der Waals surface area contributed by atoms with E-state index in [9.17, 15) is 0 Å². The summed E-state index contributed by atoms with van der Waals surface area (Å²) < 4.78 is 5.18. The lowest BCUT2D eigenvalue weighted by molar-refractivity contribution is 0.414. The molecule has 1 N–H and O–H groups in total. The van der Waals surface area contributed by atoms with Gasteiger partial charge in [0.1, 0.15) is 11.6 Å². The van der Waals surface area contributed by atoms with E-state index in [2.05, 4.69) is 48.6 Å². The van der Waals surface area contributed by atoms with Gasteiger partial charge in [0.25, 0.3) is 0 Å². The van der Waals surface area contributed by atoms with Crippen LogP contribution < -0.4 is 15.0 Å². The molecule has 1 fully saturated rings. The first-order valence-electron chi connectivity index (χ1n) is 7.72. The lowest BCUT2D eigenvalue weighted by Crippen LogP contribution is -2.13. The number of aromatic nitrogens is 1. The third kappa shape index (κ3) is 3.32. The Kier molecular flexibility index (Phi) is 4.18. The number of hydrogen-bond donors (Lipinski definition) is 1. The molecule has 1 aliphatic rings. The van der Waals surface area contributed by atoms with E-state index in [0.717, 1.165) is 18.1 Å². The fourth-order valence-electron chi connectivity index (χ4n) is 2.54. The summed E-state index contributed by atoms with van der Waals surface area (Å²) >= 11 is 0. The molecule has 1 saturated carbocycles. The van der Waals surface area contributed by atoms with E-state index >= 15 is 0 Å². The number of anilines is 2. The van der Waals surface area contributed by atoms with Crippen LogP contribution in [0.4, 0.5) is 11.5 Å². The van der Waals surface area contributed by atoms with Gasteiger partial charge in [-0.15, -0.1) is 0 Å². The zero-order valence-electron chi connectivity index (χ0n) is 13.5. The second kappa shape index (κ2) is 6.26. The van der Waals surface area contributed by atoms with Crippen LogP contribution in [0.2, 0.25) is 0 Å². The summed E-state index contributed by atoms with van der Waals surface area (Å²) in [6.07, 6.45) is 2.52. The Morgan fingerprint density at radius 3 is 2.45 bits per heavy atom. The highest BCUT2D eigenvalue weighted by Gasteiger charge is 2.28. The Morgan fingerprint density at radius 1 is 1.14 bits per heavy atom. The molecule has 0 unspecified atom stereocenters. The van der Waals surface area contributed by atoms with Gasteiger partial charge in [0.15, 0.2) is 0 Å². The van der Waals surface area contributed by atoms with Crippen LogP contribution in [-0.4, -0.2) is 26.2 Å². The summed E-state index contributed by atoms with van der Waals surface area (Å²) in [6, 6.07) is 12.3. The van der Waals surface area contributed by atoms with Gasteiger partial charge in [0.05, 0.1) is 18.5 Å². The molecule has 0 bridgehead atoms. The van der Waals surface area contributed by atoms with E-state index in [0.29, 0.717) is 5.92 Å². The van der Waals surface area contributed by atoms with Crippen LogP contribution in [0.3, 0.4) is 0 Å². The average molecular weight is 297 g/mol. The maximum Gasteiger partial charge on any atom is 0.126 e. The molecule has 0 amide bonds. The first-order valence-corrected chi connectivity index (χ1v) is 7.72. The molecular weight excluding hydrogens is 274 g/mol. The van der Waals surface area contributed by atoms with E-state index in [1.165, 1.54) is 29.8 Å². The summed E-state index contributed by atoms with van der Waals surface area (Å²) in [5.74, 6) is 2.47. The SMILES string of the molecule is COc1ccc(CNc2ccc(N(C)C)c(C3CC3)n2)cc1. The molecule has 3 rings (SSSR count). The first-order chi connectivity index (χ1) is 10.7. The Labute approximate surface area is 132 Å². The van der Waals surface area contributed by atoms with Crippen molar-refractivity contribution in [2.75, 3.05) is 31.4 Å².